The van der Waals surface area contributed by atoms with Crippen LogP contribution in [-0.4, -0.2) is 30.5 Å². The van der Waals surface area contributed by atoms with Gasteiger partial charge < -0.3 is 5.32 Å². The Morgan fingerprint density at radius 2 is 2.15 bits per heavy atom. The van der Waals surface area contributed by atoms with E-state index in [1.807, 2.05) is 36.9 Å². The van der Waals surface area contributed by atoms with Crippen LogP contribution >= 0.6 is 11.3 Å². The van der Waals surface area contributed by atoms with E-state index in [0.717, 1.165) is 11.1 Å². The molecule has 0 bridgehead atoms. The van der Waals surface area contributed by atoms with Crippen molar-refractivity contribution < 1.29 is 4.79 Å². The van der Waals surface area contributed by atoms with Crippen molar-refractivity contribution in [3.05, 3.63) is 58.2 Å². The molecule has 1 N–H and O–H groups in total. The predicted octanol–water partition coefficient (Wildman–Crippen LogP) is 3.88. The zero-order valence-corrected chi connectivity index (χ0v) is 16.2. The highest BCUT2D eigenvalue weighted by Gasteiger charge is 2.18. The summed E-state index contributed by atoms with van der Waals surface area (Å²) in [6.07, 6.45) is 3.39. The summed E-state index contributed by atoms with van der Waals surface area (Å²) in [4.78, 5) is 18.8. The molecule has 0 aliphatic carbocycles. The molecule has 0 aliphatic heterocycles. The second-order valence-electron chi connectivity index (χ2n) is 6.64. The number of nitrogens with zero attached hydrogens (tertiary/aromatic N) is 5. The third kappa shape index (κ3) is 3.35. The van der Waals surface area contributed by atoms with Crippen LogP contribution in [0.4, 0.5) is 5.82 Å². The van der Waals surface area contributed by atoms with Crippen LogP contribution in [0, 0.1) is 6.92 Å². The molecule has 4 rings (SSSR count). The van der Waals surface area contributed by atoms with Gasteiger partial charge in [0.25, 0.3) is 5.91 Å². The number of hydrogen-bond donors (Lipinski definition) is 1. The maximum atomic E-state index is 13.0. The van der Waals surface area contributed by atoms with Gasteiger partial charge in [-0.15, -0.1) is 11.3 Å². The van der Waals surface area contributed by atoms with Gasteiger partial charge in [0.2, 0.25) is 0 Å². The number of thiophene rings is 1. The molecule has 0 saturated carbocycles. The van der Waals surface area contributed by atoms with Crippen LogP contribution in [0.5, 0.6) is 0 Å². The van der Waals surface area contributed by atoms with Crippen LogP contribution in [0.2, 0.25) is 0 Å². The Bertz CT molecular complexity index is 1090. The maximum Gasteiger partial charge on any atom is 0.257 e. The number of pyridine rings is 1. The fraction of sp³-hybridized carbons (Fsp3) is 0.263. The van der Waals surface area contributed by atoms with Gasteiger partial charge in [0.1, 0.15) is 5.82 Å². The Balaban J connectivity index is 1.70. The Hall–Kier alpha value is -3.00. The summed E-state index contributed by atoms with van der Waals surface area (Å²) in [5, 5.41) is 14.5. The molecule has 0 unspecified atom stereocenters. The Labute approximate surface area is 160 Å². The van der Waals surface area contributed by atoms with E-state index in [2.05, 4.69) is 26.6 Å². The molecule has 0 fully saturated rings. The van der Waals surface area contributed by atoms with Crippen LogP contribution in [0.1, 0.15) is 40.8 Å². The largest absolute Gasteiger partial charge is 0.307 e. The summed E-state index contributed by atoms with van der Waals surface area (Å²) in [5.41, 5.74) is 2.05. The van der Waals surface area contributed by atoms with Crippen molar-refractivity contribution >= 4 is 34.1 Å². The number of aromatic nitrogens is 5. The highest BCUT2D eigenvalue weighted by Crippen LogP contribution is 2.22. The third-order valence-corrected chi connectivity index (χ3v) is 5.13. The highest BCUT2D eigenvalue weighted by atomic mass is 32.1. The summed E-state index contributed by atoms with van der Waals surface area (Å²) in [6, 6.07) is 7.83. The second kappa shape index (κ2) is 6.96. The summed E-state index contributed by atoms with van der Waals surface area (Å²) in [5.74, 6) is 0.479. The molecule has 0 radical (unpaired) electrons. The van der Waals surface area contributed by atoms with Crippen molar-refractivity contribution in [3.8, 4) is 0 Å². The van der Waals surface area contributed by atoms with Gasteiger partial charge in [-0.1, -0.05) is 6.07 Å². The molecule has 7 nitrogen and oxygen atoms in total. The topological polar surface area (TPSA) is 77.6 Å². The van der Waals surface area contributed by atoms with Crippen LogP contribution < -0.4 is 5.32 Å². The minimum Gasteiger partial charge on any atom is -0.307 e. The lowest BCUT2D eigenvalue weighted by molar-refractivity contribution is 0.102. The first-order valence-corrected chi connectivity index (χ1v) is 9.61. The normalized spacial score (nSPS) is 11.4. The third-order valence-electron chi connectivity index (χ3n) is 4.27. The summed E-state index contributed by atoms with van der Waals surface area (Å²) >= 11 is 1.67. The van der Waals surface area contributed by atoms with Crippen molar-refractivity contribution in [3.63, 3.8) is 0 Å². The number of hydrogen-bond acceptors (Lipinski definition) is 5. The average molecular weight is 380 g/mol. The number of nitrogens with one attached hydrogen (secondary N) is 1. The Morgan fingerprint density at radius 1 is 1.30 bits per heavy atom. The van der Waals surface area contributed by atoms with Crippen LogP contribution in [0.3, 0.4) is 0 Å². The number of aryl methyl sites for hydroxylation is 1. The molecular formula is C19H20N6OS. The van der Waals surface area contributed by atoms with E-state index < -0.39 is 0 Å². The number of rotatable bonds is 5. The van der Waals surface area contributed by atoms with Gasteiger partial charge in [0, 0.05) is 22.7 Å². The SMILES string of the molecule is Cc1cc(C(=O)Nc2ccnn2C(C)C)c2cnn(Cc3cccs3)c2n1. The van der Waals surface area contributed by atoms with Gasteiger partial charge in [-0.25, -0.2) is 14.3 Å². The van der Waals surface area contributed by atoms with Crippen molar-refractivity contribution in [2.24, 2.45) is 0 Å². The Kier molecular flexibility index (Phi) is 4.49. The number of fused-ring (bicyclic) bond motifs is 1. The van der Waals surface area contributed by atoms with Crippen LogP contribution in [-0.2, 0) is 6.54 Å². The Morgan fingerprint density at radius 3 is 2.89 bits per heavy atom. The molecule has 4 aromatic heterocycles. The first kappa shape index (κ1) is 17.4. The maximum absolute atomic E-state index is 13.0. The molecule has 4 heterocycles. The van der Waals surface area contributed by atoms with Gasteiger partial charge >= 0.3 is 0 Å². The van der Waals surface area contributed by atoms with Crippen molar-refractivity contribution in [2.45, 2.75) is 33.4 Å². The molecule has 0 saturated heterocycles. The number of carbonyl (C=O) groups is 1. The average Bonchev–Trinajstić information content (AvgIpc) is 3.36. The summed E-state index contributed by atoms with van der Waals surface area (Å²) < 4.78 is 3.62. The molecular weight excluding hydrogens is 360 g/mol. The van der Waals surface area contributed by atoms with Gasteiger partial charge in [0.05, 0.1) is 29.9 Å². The fourth-order valence-corrected chi connectivity index (χ4v) is 3.72. The minimum atomic E-state index is -0.191. The fourth-order valence-electron chi connectivity index (χ4n) is 3.03. The molecule has 1 amide bonds. The summed E-state index contributed by atoms with van der Waals surface area (Å²) in [7, 11) is 0. The number of anilines is 1. The van der Waals surface area contributed by atoms with E-state index in [0.29, 0.717) is 23.6 Å². The number of amides is 1. The van der Waals surface area contributed by atoms with Gasteiger partial charge in [-0.05, 0) is 38.3 Å². The van der Waals surface area contributed by atoms with E-state index in [1.54, 1.807) is 40.5 Å². The molecule has 0 aromatic carbocycles. The predicted molar refractivity (Wildman–Crippen MR) is 106 cm³/mol. The van der Waals surface area contributed by atoms with Gasteiger partial charge in [-0.2, -0.15) is 10.2 Å². The molecule has 4 aromatic rings. The molecule has 0 aliphatic rings. The smallest absolute Gasteiger partial charge is 0.257 e. The lowest BCUT2D eigenvalue weighted by Crippen LogP contribution is -2.17. The second-order valence-corrected chi connectivity index (χ2v) is 7.67. The molecule has 0 spiro atoms. The van der Waals surface area contributed by atoms with Gasteiger partial charge in [-0.3, -0.25) is 4.79 Å². The van der Waals surface area contributed by atoms with E-state index in [9.17, 15) is 4.79 Å². The molecule has 138 valence electrons. The highest BCUT2D eigenvalue weighted by molar-refractivity contribution is 7.09. The molecule has 8 heteroatoms. The lowest BCUT2D eigenvalue weighted by atomic mass is 10.1. The standard InChI is InChI=1S/C19H20N6OS/c1-12(2)25-17(6-7-20-25)23-19(26)15-9-13(3)22-18-16(15)10-21-24(18)11-14-5-4-8-27-14/h4-10,12H,11H2,1-3H3,(H,23,26). The van der Waals surface area contributed by atoms with E-state index in [1.165, 1.54) is 4.88 Å². The summed E-state index contributed by atoms with van der Waals surface area (Å²) in [6.45, 7) is 6.56. The van der Waals surface area contributed by atoms with E-state index >= 15 is 0 Å². The lowest BCUT2D eigenvalue weighted by Gasteiger charge is -2.12. The monoisotopic (exact) mass is 380 g/mol. The first-order valence-electron chi connectivity index (χ1n) is 8.73. The molecule has 0 atom stereocenters. The van der Waals surface area contributed by atoms with Crippen LogP contribution in [0.15, 0.2) is 42.0 Å². The first-order chi connectivity index (χ1) is 13.0. The van der Waals surface area contributed by atoms with Crippen LogP contribution in [0.25, 0.3) is 11.0 Å². The van der Waals surface area contributed by atoms with E-state index in [4.69, 9.17) is 0 Å². The number of carbonyl (C=O) groups excluding carboxylic acids is 1. The van der Waals surface area contributed by atoms with E-state index in [-0.39, 0.29) is 11.9 Å². The van der Waals surface area contributed by atoms with Crippen molar-refractivity contribution in [1.82, 2.24) is 24.5 Å². The molecule has 27 heavy (non-hydrogen) atoms. The van der Waals surface area contributed by atoms with Crippen molar-refractivity contribution in [2.75, 3.05) is 5.32 Å². The zero-order chi connectivity index (χ0) is 19.0. The minimum absolute atomic E-state index is 0.156. The zero-order valence-electron chi connectivity index (χ0n) is 15.4. The van der Waals surface area contributed by atoms with Crippen molar-refractivity contribution in [1.29, 1.82) is 0 Å². The van der Waals surface area contributed by atoms with Gasteiger partial charge in [0.15, 0.2) is 5.65 Å². The quantitative estimate of drug-likeness (QED) is 0.570.